The number of anilines is 1. The molecule has 7 nitrogen and oxygen atoms in total. The zero-order chi connectivity index (χ0) is 20.6. The van der Waals surface area contributed by atoms with Crippen LogP contribution in [-0.4, -0.2) is 52.9 Å². The molecule has 3 heterocycles. The highest BCUT2D eigenvalue weighted by atomic mass is 16.5. The first-order valence-electron chi connectivity index (χ1n) is 10.7. The van der Waals surface area contributed by atoms with Gasteiger partial charge in [-0.3, -0.25) is 4.79 Å². The molecule has 4 rings (SSSR count). The van der Waals surface area contributed by atoms with Gasteiger partial charge < -0.3 is 20.1 Å². The summed E-state index contributed by atoms with van der Waals surface area (Å²) in [7, 11) is 0. The highest BCUT2D eigenvalue weighted by Gasteiger charge is 2.53. The Bertz CT molecular complexity index is 841. The number of piperidine rings is 1. The van der Waals surface area contributed by atoms with Gasteiger partial charge in [0.2, 0.25) is 5.91 Å². The van der Waals surface area contributed by atoms with Gasteiger partial charge in [0.05, 0.1) is 16.7 Å². The van der Waals surface area contributed by atoms with Crippen LogP contribution in [0.3, 0.4) is 0 Å². The van der Waals surface area contributed by atoms with Gasteiger partial charge in [0.15, 0.2) is 0 Å². The number of aliphatic hydroxyl groups excluding tert-OH is 1. The van der Waals surface area contributed by atoms with Gasteiger partial charge in [0.1, 0.15) is 18.0 Å². The van der Waals surface area contributed by atoms with Crippen molar-refractivity contribution in [2.45, 2.75) is 76.0 Å². The predicted octanol–water partition coefficient (Wildman–Crippen LogP) is 1.85. The number of hydrogen-bond acceptors (Lipinski definition) is 6. The van der Waals surface area contributed by atoms with Crippen molar-refractivity contribution in [3.63, 3.8) is 0 Å². The van der Waals surface area contributed by atoms with E-state index in [9.17, 15) is 15.2 Å². The van der Waals surface area contributed by atoms with Crippen LogP contribution in [0.4, 0.5) is 5.82 Å². The Kier molecular flexibility index (Phi) is 5.26. The molecule has 2 saturated heterocycles. The summed E-state index contributed by atoms with van der Waals surface area (Å²) in [6, 6.07) is 4.34. The van der Waals surface area contributed by atoms with E-state index in [4.69, 9.17) is 9.72 Å². The third-order valence-electron chi connectivity index (χ3n) is 6.88. The minimum atomic E-state index is -0.776. The van der Waals surface area contributed by atoms with E-state index in [0.29, 0.717) is 44.5 Å². The van der Waals surface area contributed by atoms with E-state index in [1.54, 1.807) is 0 Å². The fraction of sp³-hybridized carbons (Fsp3) is 0.682. The van der Waals surface area contributed by atoms with E-state index in [1.807, 2.05) is 13.0 Å². The van der Waals surface area contributed by atoms with Gasteiger partial charge in [-0.15, -0.1) is 0 Å². The zero-order valence-electron chi connectivity index (χ0n) is 17.3. The molecule has 0 aromatic carbocycles. The van der Waals surface area contributed by atoms with Crippen molar-refractivity contribution in [3.8, 4) is 6.07 Å². The van der Waals surface area contributed by atoms with E-state index in [1.165, 1.54) is 12.5 Å². The second-order valence-electron chi connectivity index (χ2n) is 8.94. The highest BCUT2D eigenvalue weighted by molar-refractivity contribution is 5.74. The summed E-state index contributed by atoms with van der Waals surface area (Å²) in [4.78, 5) is 18.7. The van der Waals surface area contributed by atoms with Crippen molar-refractivity contribution in [2.75, 3.05) is 24.6 Å². The number of fused-ring (bicyclic) bond motifs is 1. The Balaban J connectivity index is 1.54. The largest absolute Gasteiger partial charge is 0.388 e. The Hall–Kier alpha value is -2.17. The molecule has 0 radical (unpaired) electrons. The summed E-state index contributed by atoms with van der Waals surface area (Å²) in [6.45, 7) is 5.21. The number of nitrogens with one attached hydrogen (secondary N) is 1. The van der Waals surface area contributed by atoms with Crippen LogP contribution in [0.15, 0.2) is 6.07 Å². The molecule has 1 amide bonds. The van der Waals surface area contributed by atoms with Gasteiger partial charge in [0.25, 0.3) is 0 Å². The topological polar surface area (TPSA) is 98.5 Å². The second-order valence-corrected chi connectivity index (χ2v) is 8.94. The number of carbonyl (C=O) groups excluding carboxylic acids is 1. The van der Waals surface area contributed by atoms with Crippen molar-refractivity contribution < 1.29 is 14.6 Å². The van der Waals surface area contributed by atoms with Crippen molar-refractivity contribution in [3.05, 3.63) is 22.9 Å². The first-order valence-corrected chi connectivity index (χ1v) is 10.7. The Morgan fingerprint density at radius 3 is 2.76 bits per heavy atom. The molecule has 29 heavy (non-hydrogen) atoms. The third kappa shape index (κ3) is 3.60. The summed E-state index contributed by atoms with van der Waals surface area (Å²) in [5.74, 6) is 0.621. The van der Waals surface area contributed by atoms with E-state index in [0.717, 1.165) is 37.2 Å². The maximum atomic E-state index is 11.6. The van der Waals surface area contributed by atoms with Crippen LogP contribution in [0.2, 0.25) is 0 Å². The number of carbonyl (C=O) groups is 1. The fourth-order valence-electron chi connectivity index (χ4n) is 5.26. The van der Waals surface area contributed by atoms with Crippen molar-refractivity contribution in [1.82, 2.24) is 10.3 Å². The number of pyridine rings is 1. The lowest BCUT2D eigenvalue weighted by molar-refractivity contribution is -0.198. The average molecular weight is 399 g/mol. The van der Waals surface area contributed by atoms with Crippen molar-refractivity contribution in [2.24, 2.45) is 0 Å². The molecule has 1 spiro atoms. The molecule has 1 aromatic heterocycles. The van der Waals surface area contributed by atoms with E-state index < -0.39 is 17.2 Å². The second kappa shape index (κ2) is 7.58. The molecular formula is C22H30N4O3. The molecule has 156 valence electrons. The molecule has 2 fully saturated rings. The number of nitrogens with zero attached hydrogens (tertiary/aromatic N) is 3. The minimum Gasteiger partial charge on any atom is -0.388 e. The number of aliphatic hydroxyl groups is 1. The molecule has 0 saturated carbocycles. The smallest absolute Gasteiger partial charge is 0.217 e. The SMILES string of the molecule is CC(=O)N[C@@]1(C)CCOC2(CCN(c3nc4c(cc3C#N)CCCC4)CC2)[C@@H]1O. The first-order chi connectivity index (χ1) is 13.9. The van der Waals surface area contributed by atoms with Gasteiger partial charge in [-0.25, -0.2) is 4.98 Å². The quantitative estimate of drug-likeness (QED) is 0.789. The molecule has 3 aliphatic rings. The van der Waals surface area contributed by atoms with Gasteiger partial charge in [-0.2, -0.15) is 5.26 Å². The summed E-state index contributed by atoms with van der Waals surface area (Å²) in [5.41, 5.74) is 1.61. The molecule has 0 unspecified atom stereocenters. The zero-order valence-corrected chi connectivity index (χ0v) is 17.3. The fourth-order valence-corrected chi connectivity index (χ4v) is 5.26. The molecule has 7 heteroatoms. The Labute approximate surface area is 172 Å². The molecule has 1 aromatic rings. The third-order valence-corrected chi connectivity index (χ3v) is 6.88. The van der Waals surface area contributed by atoms with Gasteiger partial charge >= 0.3 is 0 Å². The average Bonchev–Trinajstić information content (AvgIpc) is 2.71. The molecule has 0 bridgehead atoms. The minimum absolute atomic E-state index is 0.141. The number of nitriles is 1. The monoisotopic (exact) mass is 398 g/mol. The summed E-state index contributed by atoms with van der Waals surface area (Å²) < 4.78 is 6.11. The molecule has 2 N–H and O–H groups in total. The molecular weight excluding hydrogens is 368 g/mol. The predicted molar refractivity (Wildman–Crippen MR) is 109 cm³/mol. The number of ether oxygens (including phenoxy) is 1. The van der Waals surface area contributed by atoms with Crippen molar-refractivity contribution >= 4 is 11.7 Å². The highest BCUT2D eigenvalue weighted by Crippen LogP contribution is 2.41. The number of rotatable bonds is 2. The van der Waals surface area contributed by atoms with Crippen LogP contribution < -0.4 is 10.2 Å². The first kappa shape index (κ1) is 20.1. The van der Waals surface area contributed by atoms with E-state index in [-0.39, 0.29) is 5.91 Å². The number of hydrogen-bond donors (Lipinski definition) is 2. The number of aromatic nitrogens is 1. The van der Waals surface area contributed by atoms with Crippen molar-refractivity contribution in [1.29, 1.82) is 5.26 Å². The number of amides is 1. The van der Waals surface area contributed by atoms with Crippen LogP contribution in [0.5, 0.6) is 0 Å². The van der Waals surface area contributed by atoms with Gasteiger partial charge in [-0.05, 0) is 63.5 Å². The van der Waals surface area contributed by atoms with Gasteiger partial charge in [-0.1, -0.05) is 0 Å². The molecule has 2 aliphatic heterocycles. The van der Waals surface area contributed by atoms with Crippen LogP contribution in [-0.2, 0) is 22.4 Å². The van der Waals surface area contributed by atoms with Crippen LogP contribution in [0.1, 0.15) is 62.8 Å². The Morgan fingerprint density at radius 2 is 2.07 bits per heavy atom. The Morgan fingerprint density at radius 1 is 1.34 bits per heavy atom. The van der Waals surface area contributed by atoms with E-state index in [2.05, 4.69) is 16.3 Å². The number of aryl methyl sites for hydroxylation is 2. The summed E-state index contributed by atoms with van der Waals surface area (Å²) in [5, 5.41) is 23.7. The van der Waals surface area contributed by atoms with Crippen LogP contribution >= 0.6 is 0 Å². The summed E-state index contributed by atoms with van der Waals surface area (Å²) >= 11 is 0. The molecule has 1 aliphatic carbocycles. The maximum Gasteiger partial charge on any atom is 0.217 e. The maximum absolute atomic E-state index is 11.6. The van der Waals surface area contributed by atoms with Gasteiger partial charge in [0, 0.05) is 32.3 Å². The standard InChI is InChI=1S/C22H30N4O3/c1-15(27)25-21(2)9-12-29-22(20(21)28)7-10-26(11-8-22)19-17(14-23)13-16-5-3-4-6-18(16)24-19/h13,20,28H,3-12H2,1-2H3,(H,25,27)/t20-,21+/m1/s1. The normalized spacial score (nSPS) is 28.5. The lowest BCUT2D eigenvalue weighted by Gasteiger charge is -2.53. The van der Waals surface area contributed by atoms with Crippen LogP contribution in [0.25, 0.3) is 0 Å². The lowest BCUT2D eigenvalue weighted by atomic mass is 9.73. The lowest BCUT2D eigenvalue weighted by Crippen LogP contribution is -2.69. The summed E-state index contributed by atoms with van der Waals surface area (Å²) in [6.07, 6.45) is 5.36. The van der Waals surface area contributed by atoms with E-state index >= 15 is 0 Å². The molecule has 2 atom stereocenters. The van der Waals surface area contributed by atoms with Crippen LogP contribution in [0, 0.1) is 11.3 Å².